The van der Waals surface area contributed by atoms with Gasteiger partial charge in [-0.3, -0.25) is 9.89 Å². The topological polar surface area (TPSA) is 115 Å². The minimum absolute atomic E-state index is 0.268. The van der Waals surface area contributed by atoms with Crippen LogP contribution in [0.2, 0.25) is 0 Å². The summed E-state index contributed by atoms with van der Waals surface area (Å²) in [7, 11) is 0. The van der Waals surface area contributed by atoms with Crippen LogP contribution < -0.4 is 5.32 Å². The maximum absolute atomic E-state index is 12.2. The van der Waals surface area contributed by atoms with E-state index >= 15 is 0 Å². The minimum atomic E-state index is -0.281. The van der Waals surface area contributed by atoms with Crippen molar-refractivity contribution in [1.29, 1.82) is 0 Å². The summed E-state index contributed by atoms with van der Waals surface area (Å²) in [6, 6.07) is 3.43. The number of nitrogens with zero attached hydrogens (tertiary/aromatic N) is 5. The summed E-state index contributed by atoms with van der Waals surface area (Å²) in [5.74, 6) is 1.96. The van der Waals surface area contributed by atoms with Crippen LogP contribution in [0.15, 0.2) is 34.4 Å². The third kappa shape index (κ3) is 4.02. The Bertz CT molecular complexity index is 781. The number of hydrogen-bond donors (Lipinski definition) is 2. The van der Waals surface area contributed by atoms with Crippen LogP contribution in [0.3, 0.4) is 0 Å². The molecule has 0 fully saturated rings. The number of aromatic amines is 1. The molecule has 10 heteroatoms. The summed E-state index contributed by atoms with van der Waals surface area (Å²) in [4.78, 5) is 16.2. The van der Waals surface area contributed by atoms with Crippen LogP contribution in [0.25, 0.3) is 0 Å². The lowest BCUT2D eigenvalue weighted by atomic mass is 10.4. The Hall–Kier alpha value is -2.62. The average molecular weight is 347 g/mol. The molecule has 0 bridgehead atoms. The van der Waals surface area contributed by atoms with Crippen molar-refractivity contribution < 1.29 is 9.21 Å². The van der Waals surface area contributed by atoms with Gasteiger partial charge in [-0.2, -0.15) is 5.10 Å². The van der Waals surface area contributed by atoms with Crippen molar-refractivity contribution in [2.45, 2.75) is 37.3 Å². The number of carbonyl (C=O) groups excluding carboxylic acids is 1. The Morgan fingerprint density at radius 3 is 3.17 bits per heavy atom. The summed E-state index contributed by atoms with van der Waals surface area (Å²) in [6.07, 6.45) is 4.08. The normalized spacial score (nSPS) is 10.9. The molecular formula is C14H17N7O2S. The largest absolute Gasteiger partial charge is 0.455 e. The van der Waals surface area contributed by atoms with E-state index in [2.05, 4.69) is 37.6 Å². The van der Waals surface area contributed by atoms with Crippen molar-refractivity contribution in [1.82, 2.24) is 35.3 Å². The second-order valence-corrected chi connectivity index (χ2v) is 5.93. The van der Waals surface area contributed by atoms with Gasteiger partial charge in [-0.05, 0) is 18.6 Å². The number of aryl methyl sites for hydroxylation is 1. The minimum Gasteiger partial charge on any atom is -0.455 e. The van der Waals surface area contributed by atoms with Crippen LogP contribution >= 0.6 is 11.8 Å². The molecule has 0 aliphatic rings. The molecule has 3 aromatic rings. The molecule has 9 nitrogen and oxygen atoms in total. The quantitative estimate of drug-likeness (QED) is 0.595. The van der Waals surface area contributed by atoms with Crippen LogP contribution in [0.1, 0.15) is 35.5 Å². The number of amides is 1. The number of carbonyl (C=O) groups is 1. The van der Waals surface area contributed by atoms with E-state index in [1.54, 1.807) is 18.5 Å². The van der Waals surface area contributed by atoms with Crippen LogP contribution in [-0.2, 0) is 18.8 Å². The molecule has 0 aromatic carbocycles. The molecule has 0 aliphatic heterocycles. The van der Waals surface area contributed by atoms with Crippen molar-refractivity contribution in [3.05, 3.63) is 42.1 Å². The molecule has 2 N–H and O–H groups in total. The highest BCUT2D eigenvalue weighted by molar-refractivity contribution is 7.98. The lowest BCUT2D eigenvalue weighted by Gasteiger charge is -2.05. The fourth-order valence-corrected chi connectivity index (χ4v) is 2.74. The van der Waals surface area contributed by atoms with Gasteiger partial charge < -0.3 is 14.3 Å². The zero-order valence-electron chi connectivity index (χ0n) is 13.1. The van der Waals surface area contributed by atoms with Gasteiger partial charge in [-0.25, -0.2) is 4.98 Å². The van der Waals surface area contributed by atoms with Crippen molar-refractivity contribution in [2.24, 2.45) is 0 Å². The summed E-state index contributed by atoms with van der Waals surface area (Å²) in [5.41, 5.74) is 0. The smallest absolute Gasteiger partial charge is 0.287 e. The van der Waals surface area contributed by atoms with E-state index in [0.29, 0.717) is 23.2 Å². The highest BCUT2D eigenvalue weighted by Gasteiger charge is 2.13. The first kappa shape index (κ1) is 16.2. The second kappa shape index (κ2) is 7.77. The summed E-state index contributed by atoms with van der Waals surface area (Å²) >= 11 is 1.45. The first-order valence-electron chi connectivity index (χ1n) is 7.48. The molecule has 3 heterocycles. The molecule has 0 atom stereocenters. The molecule has 126 valence electrons. The second-order valence-electron chi connectivity index (χ2n) is 4.97. The van der Waals surface area contributed by atoms with Crippen molar-refractivity contribution in [3.63, 3.8) is 0 Å². The van der Waals surface area contributed by atoms with E-state index in [1.807, 2.05) is 4.57 Å². The zero-order valence-corrected chi connectivity index (χ0v) is 13.9. The fourth-order valence-electron chi connectivity index (χ4n) is 2.07. The molecule has 0 radical (unpaired) electrons. The Morgan fingerprint density at radius 1 is 1.46 bits per heavy atom. The van der Waals surface area contributed by atoms with Crippen molar-refractivity contribution >= 4 is 17.7 Å². The van der Waals surface area contributed by atoms with Gasteiger partial charge in [0.1, 0.15) is 18.4 Å². The van der Waals surface area contributed by atoms with E-state index < -0.39 is 0 Å². The third-order valence-electron chi connectivity index (χ3n) is 3.20. The van der Waals surface area contributed by atoms with Gasteiger partial charge in [0.15, 0.2) is 16.7 Å². The molecule has 24 heavy (non-hydrogen) atoms. The zero-order chi connectivity index (χ0) is 16.8. The Balaban J connectivity index is 1.52. The monoisotopic (exact) mass is 347 g/mol. The van der Waals surface area contributed by atoms with E-state index in [1.165, 1.54) is 18.1 Å². The van der Waals surface area contributed by atoms with Gasteiger partial charge in [0.05, 0.1) is 12.3 Å². The van der Waals surface area contributed by atoms with E-state index in [0.717, 1.165) is 18.8 Å². The van der Waals surface area contributed by atoms with Gasteiger partial charge in [0, 0.05) is 6.54 Å². The molecule has 0 saturated carbocycles. The summed E-state index contributed by atoms with van der Waals surface area (Å²) in [6.45, 7) is 3.20. The third-order valence-corrected chi connectivity index (χ3v) is 4.10. The molecule has 0 saturated heterocycles. The van der Waals surface area contributed by atoms with Gasteiger partial charge >= 0.3 is 0 Å². The SMILES string of the molecule is CCCn1cnnc1CNC(=O)c1ccc(CSc2ncn[nH]2)o1. The average Bonchev–Trinajstić information content (AvgIpc) is 3.32. The van der Waals surface area contributed by atoms with Crippen LogP contribution in [0.4, 0.5) is 0 Å². The van der Waals surface area contributed by atoms with E-state index in [9.17, 15) is 4.79 Å². The summed E-state index contributed by atoms with van der Waals surface area (Å²) < 4.78 is 7.47. The van der Waals surface area contributed by atoms with Crippen LogP contribution in [-0.4, -0.2) is 35.9 Å². The number of aromatic nitrogens is 6. The van der Waals surface area contributed by atoms with Crippen molar-refractivity contribution in [2.75, 3.05) is 0 Å². The predicted molar refractivity (Wildman–Crippen MR) is 86.1 cm³/mol. The Kier molecular flexibility index (Phi) is 5.26. The highest BCUT2D eigenvalue weighted by Crippen LogP contribution is 2.20. The van der Waals surface area contributed by atoms with Gasteiger partial charge in [-0.1, -0.05) is 18.7 Å². The molecule has 3 rings (SSSR count). The number of hydrogen-bond acceptors (Lipinski definition) is 7. The predicted octanol–water partition coefficient (Wildman–Crippen LogP) is 1.62. The van der Waals surface area contributed by atoms with Gasteiger partial charge in [-0.15, -0.1) is 10.2 Å². The number of furan rings is 1. The number of rotatable bonds is 8. The molecule has 1 amide bonds. The molecule has 0 spiro atoms. The van der Waals surface area contributed by atoms with Crippen molar-refractivity contribution in [3.8, 4) is 0 Å². The first-order chi connectivity index (χ1) is 11.8. The van der Waals surface area contributed by atoms with Crippen LogP contribution in [0.5, 0.6) is 0 Å². The fraction of sp³-hybridized carbons (Fsp3) is 0.357. The number of thioether (sulfide) groups is 1. The highest BCUT2D eigenvalue weighted by atomic mass is 32.2. The Morgan fingerprint density at radius 2 is 2.38 bits per heavy atom. The number of H-pyrrole nitrogens is 1. The lowest BCUT2D eigenvalue weighted by Crippen LogP contribution is -2.24. The molecule has 0 unspecified atom stereocenters. The van der Waals surface area contributed by atoms with E-state index in [-0.39, 0.29) is 11.7 Å². The van der Waals surface area contributed by atoms with Crippen LogP contribution in [0, 0.1) is 0 Å². The summed E-state index contributed by atoms with van der Waals surface area (Å²) in [5, 5.41) is 17.9. The Labute approximate surface area is 142 Å². The molecular weight excluding hydrogens is 330 g/mol. The number of nitrogens with one attached hydrogen (secondary N) is 2. The standard InChI is InChI=1S/C14H17N7O2S/c1-2-5-21-9-18-19-12(21)6-15-13(22)11-4-3-10(23-11)7-24-14-16-8-17-20-14/h3-4,8-9H,2,5-7H2,1H3,(H,15,22)(H,16,17,20). The van der Waals surface area contributed by atoms with Gasteiger partial charge in [0.25, 0.3) is 5.91 Å². The first-order valence-corrected chi connectivity index (χ1v) is 8.46. The maximum atomic E-state index is 12.2. The molecule has 3 aromatic heterocycles. The van der Waals surface area contributed by atoms with Gasteiger partial charge in [0.2, 0.25) is 0 Å². The lowest BCUT2D eigenvalue weighted by molar-refractivity contribution is 0.0920. The maximum Gasteiger partial charge on any atom is 0.287 e. The molecule has 0 aliphatic carbocycles. The van der Waals surface area contributed by atoms with E-state index in [4.69, 9.17) is 4.42 Å².